The number of hydrogen-bond acceptors (Lipinski definition) is 5. The number of nitrogens with two attached hydrogens (primary N) is 1. The maximum Gasteiger partial charge on any atom is 0.325 e. The average molecular weight is 269 g/mol. The van der Waals surface area contributed by atoms with Crippen molar-refractivity contribution < 1.29 is 23.4 Å². The Balaban J connectivity index is 2.77. The van der Waals surface area contributed by atoms with Crippen LogP contribution in [-0.4, -0.2) is 30.6 Å². The molecule has 0 radical (unpaired) electrons. The predicted octanol–water partition coefficient (Wildman–Crippen LogP) is 0.322. The van der Waals surface area contributed by atoms with Gasteiger partial charge in [-0.1, -0.05) is 0 Å². The predicted molar refractivity (Wildman–Crippen MR) is 63.5 cm³/mol. The van der Waals surface area contributed by atoms with Crippen LogP contribution < -0.4 is 5.73 Å². The molecule has 0 aromatic heterocycles. The largest absolute Gasteiger partial charge is 0.508 e. The molecule has 18 heavy (non-hydrogen) atoms. The van der Waals surface area contributed by atoms with Gasteiger partial charge in [-0.25, -0.2) is 8.42 Å². The zero-order chi connectivity index (χ0) is 13.7. The van der Waals surface area contributed by atoms with E-state index < -0.39 is 21.8 Å². The lowest BCUT2D eigenvalue weighted by molar-refractivity contribution is -0.137. The highest BCUT2D eigenvalue weighted by atomic mass is 32.2. The molecule has 1 atom stereocenters. The minimum Gasteiger partial charge on any atom is -0.508 e. The van der Waals surface area contributed by atoms with E-state index in [0.717, 1.165) is 6.07 Å². The Morgan fingerprint density at radius 3 is 2.56 bits per heavy atom. The van der Waals surface area contributed by atoms with Gasteiger partial charge >= 0.3 is 5.97 Å². The monoisotopic (exact) mass is 269 g/mol. The molecule has 1 aliphatic rings. The summed E-state index contributed by atoms with van der Waals surface area (Å²) in [5, 5.41) is 18.2. The molecule has 2 rings (SSSR count). The molecule has 1 aliphatic heterocycles. The molecule has 4 N–H and O–H groups in total. The summed E-state index contributed by atoms with van der Waals surface area (Å²) in [5.41, 5.74) is 5.81. The Kier molecular flexibility index (Phi) is 2.67. The number of carbonyl (C=O) groups is 1. The molecule has 0 saturated carbocycles. The van der Waals surface area contributed by atoms with Crippen molar-refractivity contribution in [3.05, 3.63) is 28.7 Å². The first-order valence-corrected chi connectivity index (χ1v) is 6.52. The summed E-state index contributed by atoms with van der Waals surface area (Å²) in [6.07, 6.45) is 0. The van der Waals surface area contributed by atoms with E-state index in [1.807, 2.05) is 0 Å². The van der Waals surface area contributed by atoms with Crippen molar-refractivity contribution in [1.29, 1.82) is 0 Å². The van der Waals surface area contributed by atoms with Gasteiger partial charge < -0.3 is 15.9 Å². The Morgan fingerprint density at radius 1 is 1.39 bits per heavy atom. The van der Waals surface area contributed by atoms with Gasteiger partial charge in [0.05, 0.1) is 9.80 Å². The lowest BCUT2D eigenvalue weighted by atomic mass is 9.99. The first-order chi connectivity index (χ1) is 8.26. The summed E-state index contributed by atoms with van der Waals surface area (Å²) in [6, 6.07) is 2.33. The molecule has 0 saturated heterocycles. The van der Waals surface area contributed by atoms with E-state index in [4.69, 9.17) is 10.8 Å². The van der Waals surface area contributed by atoms with Crippen molar-refractivity contribution in [2.75, 3.05) is 0 Å². The Hall–Kier alpha value is -1.86. The van der Waals surface area contributed by atoms with Crippen LogP contribution in [0.5, 0.6) is 5.75 Å². The van der Waals surface area contributed by atoms with E-state index >= 15 is 0 Å². The Bertz CT molecular complexity index is 675. The van der Waals surface area contributed by atoms with Crippen LogP contribution in [0.15, 0.2) is 28.0 Å². The molecule has 0 aliphatic carbocycles. The highest BCUT2D eigenvalue weighted by molar-refractivity contribution is 7.95. The van der Waals surface area contributed by atoms with Crippen LogP contribution in [0.4, 0.5) is 0 Å². The zero-order valence-corrected chi connectivity index (χ0v) is 10.2. The summed E-state index contributed by atoms with van der Waals surface area (Å²) in [6.45, 7) is 1.31. The number of fused-ring (bicyclic) bond motifs is 1. The first kappa shape index (κ1) is 12.6. The molecule has 1 aromatic rings. The zero-order valence-electron chi connectivity index (χ0n) is 9.41. The number of allylic oxidation sites excluding steroid dienone is 1. The molecule has 0 spiro atoms. The van der Waals surface area contributed by atoms with E-state index in [-0.39, 0.29) is 26.7 Å². The molecule has 7 heteroatoms. The van der Waals surface area contributed by atoms with E-state index in [0.29, 0.717) is 0 Å². The van der Waals surface area contributed by atoms with E-state index in [1.54, 1.807) is 0 Å². The molecule has 96 valence electrons. The van der Waals surface area contributed by atoms with Crippen molar-refractivity contribution in [2.24, 2.45) is 5.73 Å². The van der Waals surface area contributed by atoms with E-state index in [1.165, 1.54) is 19.1 Å². The lowest BCUT2D eigenvalue weighted by Crippen LogP contribution is -2.31. The first-order valence-electron chi connectivity index (χ1n) is 5.04. The number of hydrogen-bond donors (Lipinski definition) is 3. The van der Waals surface area contributed by atoms with Crippen molar-refractivity contribution in [3.8, 4) is 5.75 Å². The number of phenols is 1. The number of benzene rings is 1. The number of sulfone groups is 1. The number of aliphatic carboxylic acids is 1. The molecule has 6 nitrogen and oxygen atoms in total. The number of rotatable bonds is 2. The van der Waals surface area contributed by atoms with Gasteiger partial charge in [0.25, 0.3) is 0 Å². The third-order valence-electron chi connectivity index (χ3n) is 2.90. The Labute approximate surface area is 103 Å². The maximum absolute atomic E-state index is 12.1. The van der Waals surface area contributed by atoms with Gasteiger partial charge in [0.2, 0.25) is 9.84 Å². The number of carboxylic acids is 1. The molecule has 1 unspecified atom stereocenters. The molecule has 0 amide bonds. The molecular formula is C11H11NO5S. The Morgan fingerprint density at radius 2 is 2.00 bits per heavy atom. The normalized spacial score (nSPS) is 18.6. The second-order valence-electron chi connectivity index (χ2n) is 3.97. The smallest absolute Gasteiger partial charge is 0.325 e. The van der Waals surface area contributed by atoms with Crippen LogP contribution >= 0.6 is 0 Å². The molecule has 1 aromatic carbocycles. The highest BCUT2D eigenvalue weighted by Gasteiger charge is 2.37. The quantitative estimate of drug-likeness (QED) is 0.711. The number of phenolic OH excluding ortho intramolecular Hbond substituents is 1. The second kappa shape index (κ2) is 3.82. The summed E-state index contributed by atoms with van der Waals surface area (Å²) >= 11 is 0. The number of carboxylic acid groups (broad SMARTS) is 1. The van der Waals surface area contributed by atoms with Gasteiger partial charge in [0.1, 0.15) is 11.8 Å². The van der Waals surface area contributed by atoms with Crippen molar-refractivity contribution in [2.45, 2.75) is 17.9 Å². The highest BCUT2D eigenvalue weighted by Crippen LogP contribution is 2.41. The van der Waals surface area contributed by atoms with E-state index in [2.05, 4.69) is 0 Å². The maximum atomic E-state index is 12.1. The third kappa shape index (κ3) is 1.59. The fourth-order valence-electron chi connectivity index (χ4n) is 1.97. The standard InChI is InChI=1S/C11H11NO5S/c1-5-9(10(12)11(14)15)7-3-2-6(13)4-8(7)18(5,16)17/h2-4,10,13H,12H2,1H3,(H,14,15). The summed E-state index contributed by atoms with van der Waals surface area (Å²) in [5.74, 6) is -1.50. The minimum absolute atomic E-state index is 0.0671. The van der Waals surface area contributed by atoms with Crippen LogP contribution in [0.3, 0.4) is 0 Å². The summed E-state index contributed by atoms with van der Waals surface area (Å²) in [4.78, 5) is 10.7. The van der Waals surface area contributed by atoms with Gasteiger partial charge in [-0.05, 0) is 25.1 Å². The van der Waals surface area contributed by atoms with Gasteiger partial charge in [0, 0.05) is 11.1 Å². The number of aromatic hydroxyl groups is 1. The van der Waals surface area contributed by atoms with Gasteiger partial charge in [-0.15, -0.1) is 0 Å². The van der Waals surface area contributed by atoms with Crippen LogP contribution in [0, 0.1) is 0 Å². The minimum atomic E-state index is -3.76. The van der Waals surface area contributed by atoms with Crippen LogP contribution in [0.25, 0.3) is 5.57 Å². The van der Waals surface area contributed by atoms with Crippen LogP contribution in [0.1, 0.15) is 12.5 Å². The topological polar surface area (TPSA) is 118 Å². The van der Waals surface area contributed by atoms with Crippen molar-refractivity contribution in [3.63, 3.8) is 0 Å². The second-order valence-corrected chi connectivity index (χ2v) is 6.03. The van der Waals surface area contributed by atoms with Gasteiger partial charge in [-0.2, -0.15) is 0 Å². The van der Waals surface area contributed by atoms with Gasteiger partial charge in [-0.3, -0.25) is 4.79 Å². The van der Waals surface area contributed by atoms with E-state index in [9.17, 15) is 18.3 Å². The molecule has 0 fully saturated rings. The fraction of sp³-hybridized carbons (Fsp3) is 0.182. The van der Waals surface area contributed by atoms with Crippen molar-refractivity contribution >= 4 is 21.4 Å². The summed E-state index contributed by atoms with van der Waals surface area (Å²) in [7, 11) is -3.76. The van der Waals surface area contributed by atoms with Crippen LogP contribution in [-0.2, 0) is 14.6 Å². The molecule has 1 heterocycles. The average Bonchev–Trinajstić information content (AvgIpc) is 2.48. The molecule has 0 bridgehead atoms. The summed E-state index contributed by atoms with van der Waals surface area (Å²) < 4.78 is 24.1. The molecular weight excluding hydrogens is 258 g/mol. The SMILES string of the molecule is CC1=C(C(N)C(=O)O)c2ccc(O)cc2S1(=O)=O. The van der Waals surface area contributed by atoms with Crippen molar-refractivity contribution in [1.82, 2.24) is 0 Å². The lowest BCUT2D eigenvalue weighted by Gasteiger charge is -2.09. The fourth-order valence-corrected chi connectivity index (χ4v) is 3.56. The van der Waals surface area contributed by atoms with Crippen LogP contribution in [0.2, 0.25) is 0 Å². The van der Waals surface area contributed by atoms with Gasteiger partial charge in [0.15, 0.2) is 0 Å². The third-order valence-corrected chi connectivity index (χ3v) is 4.85.